The van der Waals surface area contributed by atoms with Crippen LogP contribution in [0.4, 0.5) is 14.6 Å². The highest BCUT2D eigenvalue weighted by Crippen LogP contribution is 2.49. The lowest BCUT2D eigenvalue weighted by Crippen LogP contribution is -2.53. The van der Waals surface area contributed by atoms with Crippen molar-refractivity contribution in [2.45, 2.75) is 63.4 Å². The van der Waals surface area contributed by atoms with Gasteiger partial charge in [-0.25, -0.2) is 28.8 Å². The van der Waals surface area contributed by atoms with Gasteiger partial charge in [-0.05, 0) is 44.7 Å². The summed E-state index contributed by atoms with van der Waals surface area (Å²) in [6, 6.07) is 7.11. The predicted octanol–water partition coefficient (Wildman–Crippen LogP) is 1.91. The van der Waals surface area contributed by atoms with E-state index in [1.54, 1.807) is 44.2 Å². The Kier molecular flexibility index (Phi) is 8.99. The zero-order valence-electron chi connectivity index (χ0n) is 21.6. The van der Waals surface area contributed by atoms with Gasteiger partial charge >= 0.3 is 12.6 Å². The number of para-hydroxylation sites is 1. The fourth-order valence-corrected chi connectivity index (χ4v) is 6.39. The molecule has 1 fully saturated rings. The van der Waals surface area contributed by atoms with Gasteiger partial charge in [-0.15, -0.1) is 0 Å². The van der Waals surface area contributed by atoms with Gasteiger partial charge < -0.3 is 34.5 Å². The lowest BCUT2D eigenvalue weighted by atomic mass is 9.96. The van der Waals surface area contributed by atoms with Crippen molar-refractivity contribution in [3.8, 4) is 5.75 Å². The highest BCUT2D eigenvalue weighted by molar-refractivity contribution is 8.09. The molecule has 6 unspecified atom stereocenters. The highest BCUT2D eigenvalue weighted by Gasteiger charge is 2.61. The predicted molar refractivity (Wildman–Crippen MR) is 142 cm³/mol. The van der Waals surface area contributed by atoms with Crippen LogP contribution in [0.1, 0.15) is 27.0 Å². The normalized spacial score (nSPS) is 25.3. The molecule has 1 aromatic carbocycles. The smallest absolute Gasteiger partial charge is 0.323 e. The Morgan fingerprint density at radius 1 is 1.25 bits per heavy atom. The number of nitrogens with one attached hydrogen (secondary N) is 1. The van der Waals surface area contributed by atoms with Gasteiger partial charge in [0.15, 0.2) is 23.3 Å². The van der Waals surface area contributed by atoms with Crippen LogP contribution in [0.2, 0.25) is 0 Å². The van der Waals surface area contributed by atoms with Gasteiger partial charge in [0, 0.05) is 0 Å². The van der Waals surface area contributed by atoms with Crippen LogP contribution >= 0.6 is 6.64 Å². The van der Waals surface area contributed by atoms with Crippen LogP contribution in [-0.2, 0) is 30.6 Å². The molecule has 5 N–H and O–H groups in total. The lowest BCUT2D eigenvalue weighted by molar-refractivity contribution is -0.191. The number of aliphatic hydroxyl groups excluding tert-OH is 2. The number of imidazole rings is 1. The van der Waals surface area contributed by atoms with Crippen molar-refractivity contribution >= 4 is 41.4 Å². The van der Waals surface area contributed by atoms with Gasteiger partial charge in [0.2, 0.25) is 0 Å². The molecular weight excluding hydrogens is 573 g/mol. The molecule has 0 radical (unpaired) electrons. The fourth-order valence-electron chi connectivity index (χ4n) is 3.97. The number of anilines is 1. The molecule has 0 spiro atoms. The van der Waals surface area contributed by atoms with E-state index in [0.29, 0.717) is 0 Å². The first-order valence-electron chi connectivity index (χ1n) is 12.1. The van der Waals surface area contributed by atoms with E-state index in [-0.39, 0.29) is 22.7 Å². The van der Waals surface area contributed by atoms with E-state index in [0.717, 1.165) is 10.9 Å². The summed E-state index contributed by atoms with van der Waals surface area (Å²) in [4.78, 5) is 24.3. The number of aliphatic hydroxyl groups is 2. The minimum Gasteiger partial charge on any atom is -0.462 e. The van der Waals surface area contributed by atoms with E-state index in [1.165, 1.54) is 13.3 Å². The number of carbonyl (C=O) groups is 1. The quantitative estimate of drug-likeness (QED) is 0.185. The molecule has 218 valence electrons. The monoisotopic (exact) mass is 602 g/mol. The van der Waals surface area contributed by atoms with Crippen LogP contribution in [0.5, 0.6) is 5.75 Å². The first kappa shape index (κ1) is 30.1. The first-order valence-corrected chi connectivity index (χ1v) is 14.7. The van der Waals surface area contributed by atoms with Crippen LogP contribution < -0.4 is 15.3 Å². The fraction of sp³-hybridized carbons (Fsp3) is 0.478. The van der Waals surface area contributed by atoms with Crippen LogP contribution in [0.3, 0.4) is 0 Å². The number of nitrogens with zero attached hydrogens (tertiary/aromatic N) is 4. The summed E-state index contributed by atoms with van der Waals surface area (Å²) in [5, 5.41) is 24.4. The number of carbonyl (C=O) groups excluding carboxylic acids is 1. The molecule has 17 heteroatoms. The Balaban J connectivity index is 1.62. The van der Waals surface area contributed by atoms with Gasteiger partial charge in [-0.3, -0.25) is 9.36 Å². The van der Waals surface area contributed by atoms with Gasteiger partial charge in [-0.2, -0.15) is 0 Å². The van der Waals surface area contributed by atoms with E-state index < -0.39 is 61.8 Å². The molecule has 0 saturated carbocycles. The molecule has 40 heavy (non-hydrogen) atoms. The number of benzene rings is 1. The Bertz CT molecular complexity index is 1390. The number of ether oxygens (including phenoxy) is 2. The number of halogens is 2. The second-order valence-electron chi connectivity index (χ2n) is 9.29. The summed E-state index contributed by atoms with van der Waals surface area (Å²) < 4.78 is 52.8. The number of hydrogen-bond acceptors (Lipinski definition) is 12. The summed E-state index contributed by atoms with van der Waals surface area (Å²) in [5.41, 5.74) is 3.28. The molecule has 1 saturated heterocycles. The molecule has 3 aromatic rings. The van der Waals surface area contributed by atoms with Gasteiger partial charge in [-0.1, -0.05) is 18.2 Å². The molecule has 0 bridgehead atoms. The Hall–Kier alpha value is -2.85. The maximum Gasteiger partial charge on any atom is 0.323 e. The topological polar surface area (TPSA) is 176 Å². The third-order valence-corrected chi connectivity index (χ3v) is 8.45. The van der Waals surface area contributed by atoms with E-state index in [9.17, 15) is 23.8 Å². The van der Waals surface area contributed by atoms with Crippen molar-refractivity contribution in [3.63, 3.8) is 0 Å². The van der Waals surface area contributed by atoms with E-state index in [4.69, 9.17) is 36.1 Å². The molecule has 3 heterocycles. The number of alkyl halides is 2. The SMILES string of the molecule is CC(C)OC(=O)C(C)NP(=S)(OCC1(C(F)F)OC(n2cnc3c(N)ncnc32)C(O)C1O)Oc1ccccc1. The van der Waals surface area contributed by atoms with E-state index in [1.807, 2.05) is 0 Å². The molecule has 13 nitrogen and oxygen atoms in total. The molecule has 0 amide bonds. The largest absolute Gasteiger partial charge is 0.462 e. The van der Waals surface area contributed by atoms with Crippen molar-refractivity contribution in [1.82, 2.24) is 24.6 Å². The van der Waals surface area contributed by atoms with Crippen molar-refractivity contribution in [3.05, 3.63) is 43.0 Å². The number of aromatic nitrogens is 4. The second kappa shape index (κ2) is 11.9. The third kappa shape index (κ3) is 6.07. The molecule has 1 aliphatic rings. The highest BCUT2D eigenvalue weighted by atomic mass is 32.5. The molecule has 1 aliphatic heterocycles. The van der Waals surface area contributed by atoms with Gasteiger partial charge in [0.1, 0.15) is 35.8 Å². The van der Waals surface area contributed by atoms with Gasteiger partial charge in [0.25, 0.3) is 6.43 Å². The zero-order valence-corrected chi connectivity index (χ0v) is 23.3. The number of fused-ring (bicyclic) bond motifs is 1. The van der Waals surface area contributed by atoms with E-state index in [2.05, 4.69) is 20.0 Å². The van der Waals surface area contributed by atoms with Crippen LogP contribution in [0, 0.1) is 0 Å². The summed E-state index contributed by atoms with van der Waals surface area (Å²) in [5.74, 6) is -0.411. The Labute approximate surface area is 232 Å². The Morgan fingerprint density at radius 2 is 1.95 bits per heavy atom. The van der Waals surface area contributed by atoms with Crippen LogP contribution in [0.15, 0.2) is 43.0 Å². The van der Waals surface area contributed by atoms with Crippen molar-refractivity contribution in [2.24, 2.45) is 0 Å². The molecular formula is C23H29F2N6O7PS. The number of nitrogens with two attached hydrogens (primary N) is 1. The number of hydrogen-bond donors (Lipinski definition) is 4. The number of rotatable bonds is 11. The standard InChI is InChI=1S/C23H29F2N6O7PS/c1-12(2)36-21(34)13(3)30-39(40,38-14-7-5-4-6-8-14)35-9-23(22(24)25)17(33)16(32)20(37-23)31-11-29-15-18(26)27-10-28-19(15)31/h4-8,10-13,16-17,20,22,32-33H,9H2,1-3H3,(H,30,40)(H2,26,27,28). The maximum absolute atomic E-state index is 14.6. The summed E-state index contributed by atoms with van der Waals surface area (Å²) in [6.07, 6.45) is -7.03. The minimum absolute atomic E-state index is 0.0233. The van der Waals surface area contributed by atoms with Crippen LogP contribution in [0.25, 0.3) is 11.2 Å². The number of nitrogen functional groups attached to an aromatic ring is 1. The van der Waals surface area contributed by atoms with Gasteiger partial charge in [0.05, 0.1) is 19.0 Å². The van der Waals surface area contributed by atoms with Crippen molar-refractivity contribution in [2.75, 3.05) is 12.3 Å². The summed E-state index contributed by atoms with van der Waals surface area (Å²) >= 11 is 5.58. The van der Waals surface area contributed by atoms with Crippen molar-refractivity contribution in [1.29, 1.82) is 0 Å². The Morgan fingerprint density at radius 3 is 2.60 bits per heavy atom. The molecule has 4 rings (SSSR count). The van der Waals surface area contributed by atoms with Crippen LogP contribution in [-0.4, -0.2) is 78.7 Å². The summed E-state index contributed by atoms with van der Waals surface area (Å²) in [7, 11) is 0. The minimum atomic E-state index is -3.78. The summed E-state index contributed by atoms with van der Waals surface area (Å²) in [6.45, 7) is -0.0311. The average molecular weight is 603 g/mol. The molecule has 2 aromatic heterocycles. The third-order valence-electron chi connectivity index (χ3n) is 5.97. The first-order chi connectivity index (χ1) is 18.9. The van der Waals surface area contributed by atoms with Crippen molar-refractivity contribution < 1.29 is 42.3 Å². The second-order valence-corrected chi connectivity index (χ2v) is 12.4. The lowest BCUT2D eigenvalue weighted by Gasteiger charge is -2.34. The zero-order chi connectivity index (χ0) is 29.2. The molecule has 0 aliphatic carbocycles. The number of esters is 1. The maximum atomic E-state index is 14.6. The molecule has 6 atom stereocenters. The van der Waals surface area contributed by atoms with E-state index >= 15 is 0 Å². The average Bonchev–Trinajstić information content (AvgIpc) is 3.43.